The number of halogens is 2. The van der Waals surface area contributed by atoms with Gasteiger partial charge in [0, 0.05) is 50.1 Å². The van der Waals surface area contributed by atoms with Crippen LogP contribution in [0.1, 0.15) is 119 Å². The fourth-order valence-electron chi connectivity index (χ4n) is 4.87. The lowest BCUT2D eigenvalue weighted by atomic mass is 10.0. The van der Waals surface area contributed by atoms with Crippen molar-refractivity contribution in [3.05, 3.63) is 58.2 Å². The quantitative estimate of drug-likeness (QED) is 0.0443. The van der Waals surface area contributed by atoms with Crippen molar-refractivity contribution in [2.24, 2.45) is 0 Å². The zero-order chi connectivity index (χ0) is 36.0. The number of carbonyl (C=O) groups excluding carboxylic acids is 1. The van der Waals surface area contributed by atoms with Gasteiger partial charge < -0.3 is 9.84 Å². The van der Waals surface area contributed by atoms with Crippen LogP contribution in [0.4, 0.5) is 0 Å². The number of hydrogen-bond donors (Lipinski definition) is 2. The number of nitrogens with zero attached hydrogens (tertiary/aromatic N) is 1. The number of amides is 1. The van der Waals surface area contributed by atoms with E-state index in [2.05, 4.69) is 89.3 Å². The average molecular weight is 749 g/mol. The van der Waals surface area contributed by atoms with Gasteiger partial charge in [-0.3, -0.25) is 9.36 Å². The Bertz CT molecular complexity index is 1070. The summed E-state index contributed by atoms with van der Waals surface area (Å²) in [7, 11) is -2.84. The van der Waals surface area contributed by atoms with Gasteiger partial charge in [0.2, 0.25) is 5.91 Å². The molecular weight excluding hydrogens is 680 g/mol. The monoisotopic (exact) mass is 747 g/mol. The minimum Gasteiger partial charge on any atom is -0.355 e. The van der Waals surface area contributed by atoms with Crippen LogP contribution in [0.15, 0.2) is 58.2 Å². The molecule has 1 rings (SSSR count). The summed E-state index contributed by atoms with van der Waals surface area (Å²) in [5.41, 5.74) is 7.22. The van der Waals surface area contributed by atoms with Crippen LogP contribution in [-0.2, 0) is 13.9 Å². The van der Waals surface area contributed by atoms with E-state index in [1.54, 1.807) is 4.67 Å². The van der Waals surface area contributed by atoms with E-state index in [4.69, 9.17) is 27.7 Å². The first kappa shape index (κ1) is 47.2. The molecule has 1 unspecified atom stereocenters. The SMILES string of the molecule is CCSCCNC(=O)CC/C(C)=C/CC/C(C)=C/CC/C=C(\C)CC/C=C(\C)CCC=C(C)C.O=P1(NCCCl)OCCCN1CCCl. The fraction of sp³-hybridized carbons (Fsp3) is 0.711. The largest absolute Gasteiger partial charge is 0.355 e. The second kappa shape index (κ2) is 31.0. The Morgan fingerprint density at radius 2 is 1.31 bits per heavy atom. The molecule has 48 heavy (non-hydrogen) atoms. The average Bonchev–Trinajstić information content (AvgIpc) is 3.04. The van der Waals surface area contributed by atoms with Crippen molar-refractivity contribution in [3.63, 3.8) is 0 Å². The predicted molar refractivity (Wildman–Crippen MR) is 216 cm³/mol. The summed E-state index contributed by atoms with van der Waals surface area (Å²) in [6, 6.07) is 0. The van der Waals surface area contributed by atoms with E-state index < -0.39 is 7.67 Å². The molecule has 1 fully saturated rings. The molecule has 0 aromatic rings. The summed E-state index contributed by atoms with van der Waals surface area (Å²) in [5, 5.41) is 5.86. The summed E-state index contributed by atoms with van der Waals surface area (Å²) in [6.45, 7) is 18.5. The fourth-order valence-corrected chi connectivity index (χ4v) is 7.95. The van der Waals surface area contributed by atoms with Crippen molar-refractivity contribution in [1.82, 2.24) is 15.1 Å². The van der Waals surface area contributed by atoms with E-state index in [1.165, 1.54) is 40.7 Å². The third-order valence-electron chi connectivity index (χ3n) is 7.77. The molecule has 1 saturated heterocycles. The van der Waals surface area contributed by atoms with Gasteiger partial charge in [-0.25, -0.2) is 9.76 Å². The Kier molecular flexibility index (Phi) is 30.5. The molecule has 0 saturated carbocycles. The van der Waals surface area contributed by atoms with Crippen LogP contribution in [0.5, 0.6) is 0 Å². The van der Waals surface area contributed by atoms with Gasteiger partial charge in [-0.05, 0) is 112 Å². The van der Waals surface area contributed by atoms with Gasteiger partial charge in [0.15, 0.2) is 0 Å². The Labute approximate surface area is 309 Å². The summed E-state index contributed by atoms with van der Waals surface area (Å²) in [4.78, 5) is 11.9. The maximum Gasteiger partial charge on any atom is 0.343 e. The number of thioether (sulfide) groups is 1. The number of carbonyl (C=O) groups is 1. The number of nitrogens with one attached hydrogen (secondary N) is 2. The van der Waals surface area contributed by atoms with Crippen LogP contribution in [0.3, 0.4) is 0 Å². The minimum atomic E-state index is -2.84. The molecule has 0 aliphatic carbocycles. The van der Waals surface area contributed by atoms with Gasteiger partial charge in [0.05, 0.1) is 6.61 Å². The predicted octanol–water partition coefficient (Wildman–Crippen LogP) is 11.4. The zero-order valence-electron chi connectivity index (χ0n) is 31.3. The first-order chi connectivity index (χ1) is 23.0. The Morgan fingerprint density at radius 1 is 0.771 bits per heavy atom. The molecule has 0 aromatic heterocycles. The van der Waals surface area contributed by atoms with Gasteiger partial charge >= 0.3 is 7.67 Å². The minimum absolute atomic E-state index is 0.175. The van der Waals surface area contributed by atoms with Crippen molar-refractivity contribution < 1.29 is 13.9 Å². The molecule has 1 aliphatic rings. The van der Waals surface area contributed by atoms with E-state index >= 15 is 0 Å². The van der Waals surface area contributed by atoms with Crippen molar-refractivity contribution in [2.45, 2.75) is 119 Å². The molecule has 278 valence electrons. The number of unbranched alkanes of at least 4 members (excludes halogenated alkanes) is 1. The molecule has 0 bridgehead atoms. The Morgan fingerprint density at radius 3 is 1.83 bits per heavy atom. The van der Waals surface area contributed by atoms with Crippen LogP contribution in [0.25, 0.3) is 0 Å². The third kappa shape index (κ3) is 27.0. The second-order valence-corrected chi connectivity index (χ2v) is 17.0. The summed E-state index contributed by atoms with van der Waals surface area (Å²) < 4.78 is 19.2. The second-order valence-electron chi connectivity index (χ2n) is 12.7. The van der Waals surface area contributed by atoms with E-state index in [-0.39, 0.29) is 5.91 Å². The summed E-state index contributed by atoms with van der Waals surface area (Å²) in [6.07, 6.45) is 23.3. The molecule has 2 N–H and O–H groups in total. The van der Waals surface area contributed by atoms with Crippen LogP contribution >= 0.6 is 42.6 Å². The zero-order valence-corrected chi connectivity index (χ0v) is 34.5. The lowest BCUT2D eigenvalue weighted by Crippen LogP contribution is -2.36. The number of alkyl halides is 2. The van der Waals surface area contributed by atoms with Gasteiger partial charge in [-0.2, -0.15) is 11.8 Å². The molecular formula is C38H68Cl2N3O3PS. The summed E-state index contributed by atoms with van der Waals surface area (Å²) in [5.74, 6) is 3.16. The Hall–Kier alpha value is -0.790. The lowest BCUT2D eigenvalue weighted by Gasteiger charge is -2.34. The highest BCUT2D eigenvalue weighted by atomic mass is 35.5. The van der Waals surface area contributed by atoms with E-state index in [0.717, 1.165) is 76.0 Å². The number of rotatable bonds is 24. The number of hydrogen-bond acceptors (Lipinski definition) is 4. The smallest absolute Gasteiger partial charge is 0.343 e. The van der Waals surface area contributed by atoms with Crippen LogP contribution in [-0.4, -0.2) is 66.6 Å². The topological polar surface area (TPSA) is 70.7 Å². The lowest BCUT2D eigenvalue weighted by molar-refractivity contribution is -0.120. The molecule has 0 aromatic carbocycles. The maximum atomic E-state index is 12.2. The van der Waals surface area contributed by atoms with Crippen LogP contribution < -0.4 is 10.4 Å². The van der Waals surface area contributed by atoms with E-state index in [9.17, 15) is 9.36 Å². The molecule has 1 aliphatic heterocycles. The van der Waals surface area contributed by atoms with Crippen molar-refractivity contribution in [1.29, 1.82) is 0 Å². The van der Waals surface area contributed by atoms with Crippen molar-refractivity contribution in [3.8, 4) is 0 Å². The van der Waals surface area contributed by atoms with Crippen LogP contribution in [0.2, 0.25) is 0 Å². The highest BCUT2D eigenvalue weighted by molar-refractivity contribution is 7.99. The first-order valence-electron chi connectivity index (χ1n) is 17.9. The molecule has 0 radical (unpaired) electrons. The maximum absolute atomic E-state index is 12.2. The Balaban J connectivity index is 0.00000130. The highest BCUT2D eigenvalue weighted by Crippen LogP contribution is 2.48. The van der Waals surface area contributed by atoms with Crippen molar-refractivity contribution in [2.75, 3.05) is 56.1 Å². The standard InChI is InChI=1S/C31H53NOS.C7H15Cl2N2O2P/c1-8-34-25-24-32-31(33)23-22-30(7)21-13-19-28(5)16-10-9-15-27(4)18-12-20-29(6)17-11-14-26(2)3;8-2-4-10-14(12)11(6-3-9)5-1-7-13-14/h14-16,20-21H,8-13,17-19,22-25H2,1-7H3,(H,32,33);1-7H2,(H,10,12)/b27-15+,28-16+,29-20+,30-21+;. The molecule has 1 heterocycles. The van der Waals surface area contributed by atoms with Gasteiger partial charge in [0.1, 0.15) is 0 Å². The van der Waals surface area contributed by atoms with Crippen LogP contribution in [0, 0.1) is 0 Å². The normalized spacial score (nSPS) is 17.9. The van der Waals surface area contributed by atoms with Gasteiger partial charge in [-0.1, -0.05) is 65.2 Å². The van der Waals surface area contributed by atoms with Gasteiger partial charge in [-0.15, -0.1) is 23.2 Å². The van der Waals surface area contributed by atoms with Gasteiger partial charge in [0.25, 0.3) is 0 Å². The number of allylic oxidation sites excluding steroid dienone is 10. The molecule has 1 atom stereocenters. The van der Waals surface area contributed by atoms with E-state index in [0.29, 0.717) is 37.9 Å². The molecule has 6 nitrogen and oxygen atoms in total. The molecule has 10 heteroatoms. The van der Waals surface area contributed by atoms with Crippen molar-refractivity contribution >= 4 is 48.5 Å². The molecule has 1 amide bonds. The van der Waals surface area contributed by atoms with E-state index in [1.807, 2.05) is 11.8 Å². The first-order valence-corrected chi connectivity index (χ1v) is 21.7. The third-order valence-corrected chi connectivity index (χ3v) is 11.3. The highest BCUT2D eigenvalue weighted by Gasteiger charge is 2.33. The molecule has 0 spiro atoms. The summed E-state index contributed by atoms with van der Waals surface area (Å²) >= 11 is 13.0.